The fraction of sp³-hybridized carbons (Fsp3) is 0.650. The standard InChI is InChI=1S/C20H31N5O2/c1-2-11-24-12-7-17(8-13-24)23-20(27)25(14-16-5-9-21-10-6-16)15-18-3-4-19(26)22-18/h5-6,9-10,17-18H,2-4,7-8,11-15H2,1H3,(H,22,26)(H,23,27)/t18-/m0/s1. The second-order valence-electron chi connectivity index (χ2n) is 7.60. The molecule has 0 unspecified atom stereocenters. The molecule has 148 valence electrons. The van der Waals surface area contributed by atoms with Crippen molar-refractivity contribution < 1.29 is 9.59 Å². The summed E-state index contributed by atoms with van der Waals surface area (Å²) in [5.74, 6) is 0.0764. The van der Waals surface area contributed by atoms with Gasteiger partial charge >= 0.3 is 6.03 Å². The van der Waals surface area contributed by atoms with E-state index in [0.717, 1.165) is 44.5 Å². The lowest BCUT2D eigenvalue weighted by molar-refractivity contribution is -0.119. The van der Waals surface area contributed by atoms with Crippen molar-refractivity contribution >= 4 is 11.9 Å². The Bertz CT molecular complexity index is 616. The molecule has 3 rings (SSSR count). The Morgan fingerprint density at radius 3 is 2.67 bits per heavy atom. The number of rotatable bonds is 7. The first-order valence-electron chi connectivity index (χ1n) is 10.1. The van der Waals surface area contributed by atoms with Gasteiger partial charge in [0.15, 0.2) is 0 Å². The SMILES string of the molecule is CCCN1CCC(NC(=O)N(Cc2ccncc2)C[C@@H]2CCC(=O)N2)CC1. The Kier molecular flexibility index (Phi) is 7.04. The van der Waals surface area contributed by atoms with Gasteiger partial charge in [-0.15, -0.1) is 0 Å². The minimum Gasteiger partial charge on any atom is -0.352 e. The summed E-state index contributed by atoms with van der Waals surface area (Å²) in [4.78, 5) is 32.8. The maximum absolute atomic E-state index is 13.0. The van der Waals surface area contributed by atoms with Crippen LogP contribution >= 0.6 is 0 Å². The first-order valence-corrected chi connectivity index (χ1v) is 10.1. The highest BCUT2D eigenvalue weighted by atomic mass is 16.2. The predicted octanol–water partition coefficient (Wildman–Crippen LogP) is 1.75. The van der Waals surface area contributed by atoms with E-state index in [1.54, 1.807) is 12.4 Å². The first kappa shape index (κ1) is 19.6. The van der Waals surface area contributed by atoms with Crippen molar-refractivity contribution in [3.05, 3.63) is 30.1 Å². The zero-order chi connectivity index (χ0) is 19.1. The van der Waals surface area contributed by atoms with E-state index in [2.05, 4.69) is 27.4 Å². The van der Waals surface area contributed by atoms with Crippen LogP contribution in [0.1, 0.15) is 44.6 Å². The van der Waals surface area contributed by atoms with Crippen molar-refractivity contribution in [2.24, 2.45) is 0 Å². The largest absolute Gasteiger partial charge is 0.352 e. The van der Waals surface area contributed by atoms with Crippen LogP contribution < -0.4 is 10.6 Å². The minimum absolute atomic E-state index is 0.0384. The number of nitrogens with zero attached hydrogens (tertiary/aromatic N) is 3. The number of hydrogen-bond donors (Lipinski definition) is 2. The van der Waals surface area contributed by atoms with Crippen molar-refractivity contribution in [3.8, 4) is 0 Å². The third-order valence-electron chi connectivity index (χ3n) is 5.39. The maximum atomic E-state index is 13.0. The van der Waals surface area contributed by atoms with E-state index in [0.29, 0.717) is 19.5 Å². The van der Waals surface area contributed by atoms with Gasteiger partial charge in [-0.2, -0.15) is 0 Å². The van der Waals surface area contributed by atoms with E-state index in [-0.39, 0.29) is 24.0 Å². The number of pyridine rings is 1. The zero-order valence-electron chi connectivity index (χ0n) is 16.2. The average molecular weight is 374 g/mol. The lowest BCUT2D eigenvalue weighted by atomic mass is 10.1. The quantitative estimate of drug-likeness (QED) is 0.763. The van der Waals surface area contributed by atoms with E-state index >= 15 is 0 Å². The maximum Gasteiger partial charge on any atom is 0.317 e. The Balaban J connectivity index is 1.57. The molecule has 2 N–H and O–H groups in total. The summed E-state index contributed by atoms with van der Waals surface area (Å²) >= 11 is 0. The molecule has 3 heterocycles. The van der Waals surface area contributed by atoms with Gasteiger partial charge in [0, 0.05) is 57.1 Å². The van der Waals surface area contributed by atoms with Crippen molar-refractivity contribution in [2.75, 3.05) is 26.2 Å². The molecule has 7 heteroatoms. The molecular weight excluding hydrogens is 342 g/mol. The van der Waals surface area contributed by atoms with Gasteiger partial charge in [-0.3, -0.25) is 9.78 Å². The molecule has 3 amide bonds. The normalized spacial score (nSPS) is 21.1. The summed E-state index contributed by atoms with van der Waals surface area (Å²) < 4.78 is 0. The van der Waals surface area contributed by atoms with Gasteiger partial charge < -0.3 is 20.4 Å². The monoisotopic (exact) mass is 373 g/mol. The molecule has 0 aromatic carbocycles. The highest BCUT2D eigenvalue weighted by Crippen LogP contribution is 2.14. The zero-order valence-corrected chi connectivity index (χ0v) is 16.2. The van der Waals surface area contributed by atoms with E-state index in [9.17, 15) is 9.59 Å². The van der Waals surface area contributed by atoms with Gasteiger partial charge in [-0.05, 0) is 49.9 Å². The summed E-state index contributed by atoms with van der Waals surface area (Å²) in [6.45, 7) is 6.48. The van der Waals surface area contributed by atoms with Gasteiger partial charge in [0.1, 0.15) is 0 Å². The van der Waals surface area contributed by atoms with Crippen molar-refractivity contribution in [2.45, 2.75) is 57.7 Å². The molecule has 1 aromatic rings. The van der Waals surface area contributed by atoms with Crippen molar-refractivity contribution in [3.63, 3.8) is 0 Å². The summed E-state index contributed by atoms with van der Waals surface area (Å²) in [5.41, 5.74) is 1.04. The molecule has 1 aromatic heterocycles. The summed E-state index contributed by atoms with van der Waals surface area (Å²) in [6, 6.07) is 4.08. The minimum atomic E-state index is -0.0399. The Hall–Kier alpha value is -2.15. The molecule has 1 atom stereocenters. The molecule has 0 aliphatic carbocycles. The fourth-order valence-electron chi connectivity index (χ4n) is 3.89. The molecule has 2 fully saturated rings. The van der Waals surface area contributed by atoms with Crippen LogP contribution in [0.3, 0.4) is 0 Å². The molecular formula is C20H31N5O2. The smallest absolute Gasteiger partial charge is 0.317 e. The van der Waals surface area contributed by atoms with Gasteiger partial charge in [0.25, 0.3) is 0 Å². The van der Waals surface area contributed by atoms with Crippen LogP contribution in [-0.2, 0) is 11.3 Å². The molecule has 7 nitrogen and oxygen atoms in total. The van der Waals surface area contributed by atoms with Crippen LogP contribution in [0.15, 0.2) is 24.5 Å². The van der Waals surface area contributed by atoms with E-state index in [1.165, 1.54) is 6.42 Å². The lowest BCUT2D eigenvalue weighted by Gasteiger charge is -2.34. The molecule has 0 saturated carbocycles. The molecule has 0 bridgehead atoms. The number of carbonyl (C=O) groups excluding carboxylic acids is 2. The molecule has 27 heavy (non-hydrogen) atoms. The predicted molar refractivity (Wildman–Crippen MR) is 104 cm³/mol. The number of hydrogen-bond acceptors (Lipinski definition) is 4. The Morgan fingerprint density at radius 1 is 1.30 bits per heavy atom. The lowest BCUT2D eigenvalue weighted by Crippen LogP contribution is -2.51. The molecule has 0 spiro atoms. The summed E-state index contributed by atoms with van der Waals surface area (Å²) in [7, 11) is 0. The summed E-state index contributed by atoms with van der Waals surface area (Å²) in [6.07, 6.45) is 7.98. The number of nitrogens with one attached hydrogen (secondary N) is 2. The Morgan fingerprint density at radius 2 is 2.04 bits per heavy atom. The van der Waals surface area contributed by atoms with Crippen molar-refractivity contribution in [1.29, 1.82) is 0 Å². The highest BCUT2D eigenvalue weighted by Gasteiger charge is 2.27. The van der Waals surface area contributed by atoms with E-state index in [4.69, 9.17) is 0 Å². The van der Waals surface area contributed by atoms with Crippen LogP contribution in [0.2, 0.25) is 0 Å². The third-order valence-corrected chi connectivity index (χ3v) is 5.39. The third kappa shape index (κ3) is 5.92. The number of amides is 3. The molecule has 2 aliphatic rings. The first-order chi connectivity index (χ1) is 13.1. The van der Waals surface area contributed by atoms with Crippen LogP contribution in [-0.4, -0.2) is 65.0 Å². The molecule has 2 aliphatic heterocycles. The number of likely N-dealkylation sites (tertiary alicyclic amines) is 1. The number of carbonyl (C=O) groups is 2. The number of urea groups is 1. The van der Waals surface area contributed by atoms with Crippen LogP contribution in [0.5, 0.6) is 0 Å². The van der Waals surface area contributed by atoms with Crippen molar-refractivity contribution in [1.82, 2.24) is 25.4 Å². The topological polar surface area (TPSA) is 77.6 Å². The van der Waals surface area contributed by atoms with Crippen LogP contribution in [0.4, 0.5) is 4.79 Å². The number of aromatic nitrogens is 1. The number of piperidine rings is 1. The Labute approximate surface area is 161 Å². The van der Waals surface area contributed by atoms with Crippen LogP contribution in [0, 0.1) is 0 Å². The van der Waals surface area contributed by atoms with E-state index in [1.807, 2.05) is 17.0 Å². The average Bonchev–Trinajstić information content (AvgIpc) is 3.09. The van der Waals surface area contributed by atoms with Gasteiger partial charge in [0.05, 0.1) is 0 Å². The molecule has 2 saturated heterocycles. The fourth-order valence-corrected chi connectivity index (χ4v) is 3.89. The van der Waals surface area contributed by atoms with Gasteiger partial charge in [-0.1, -0.05) is 6.92 Å². The van der Waals surface area contributed by atoms with E-state index < -0.39 is 0 Å². The molecule has 0 radical (unpaired) electrons. The highest BCUT2D eigenvalue weighted by molar-refractivity contribution is 5.79. The van der Waals surface area contributed by atoms with Crippen LogP contribution in [0.25, 0.3) is 0 Å². The second-order valence-corrected chi connectivity index (χ2v) is 7.60. The second kappa shape index (κ2) is 9.69. The summed E-state index contributed by atoms with van der Waals surface area (Å²) in [5, 5.41) is 6.19. The van der Waals surface area contributed by atoms with Gasteiger partial charge in [-0.25, -0.2) is 4.79 Å². The van der Waals surface area contributed by atoms with Gasteiger partial charge in [0.2, 0.25) is 5.91 Å².